The Morgan fingerprint density at radius 3 is 2.42 bits per heavy atom. The number of sulfonamides is 1. The van der Waals surface area contributed by atoms with Gasteiger partial charge in [-0.3, -0.25) is 4.79 Å². The molecule has 0 aromatic heterocycles. The number of ether oxygens (including phenoxy) is 2. The highest BCUT2D eigenvalue weighted by Gasteiger charge is 2.53. The molecule has 2 heterocycles. The van der Waals surface area contributed by atoms with Gasteiger partial charge in [0, 0.05) is 19.1 Å². The van der Waals surface area contributed by atoms with Gasteiger partial charge in [-0.05, 0) is 48.6 Å². The lowest BCUT2D eigenvalue weighted by atomic mass is 9.92. The second-order valence-corrected chi connectivity index (χ2v) is 10.0. The summed E-state index contributed by atoms with van der Waals surface area (Å²) >= 11 is 0. The maximum atomic E-state index is 13.5. The highest BCUT2D eigenvalue weighted by Crippen LogP contribution is 2.40. The summed E-state index contributed by atoms with van der Waals surface area (Å²) < 4.78 is 38.5. The monoisotopic (exact) mass is 474 g/mol. The third-order valence-corrected chi connectivity index (χ3v) is 8.21. The minimum atomic E-state index is -4.11. The smallest absolute Gasteiger partial charge is 0.410 e. The summed E-state index contributed by atoms with van der Waals surface area (Å²) in [7, 11) is -2.64. The third kappa shape index (κ3) is 4.67. The molecule has 2 aliphatic heterocycles. The summed E-state index contributed by atoms with van der Waals surface area (Å²) in [5.74, 6) is -0.856. The number of carboxylic acid groups (broad SMARTS) is 1. The van der Waals surface area contributed by atoms with Gasteiger partial charge < -0.3 is 19.5 Å². The molecule has 2 unspecified atom stereocenters. The first kappa shape index (κ1) is 23.1. The molecule has 176 valence electrons. The molecule has 2 saturated heterocycles. The first-order valence-electron chi connectivity index (χ1n) is 10.7. The van der Waals surface area contributed by atoms with Gasteiger partial charge in [-0.25, -0.2) is 13.2 Å². The van der Waals surface area contributed by atoms with E-state index in [4.69, 9.17) is 9.47 Å². The van der Waals surface area contributed by atoms with Crippen molar-refractivity contribution in [2.75, 3.05) is 20.2 Å². The van der Waals surface area contributed by atoms with Gasteiger partial charge in [0.15, 0.2) is 0 Å². The van der Waals surface area contributed by atoms with E-state index in [-0.39, 0.29) is 30.4 Å². The molecule has 10 heteroatoms. The van der Waals surface area contributed by atoms with Gasteiger partial charge in [-0.2, -0.15) is 4.31 Å². The molecule has 1 N–H and O–H groups in total. The number of carbonyl (C=O) groups is 2. The molecule has 2 aromatic rings. The number of likely N-dealkylation sites (tertiary alicyclic amines) is 1. The van der Waals surface area contributed by atoms with E-state index in [0.29, 0.717) is 18.7 Å². The number of carbonyl (C=O) groups excluding carboxylic acids is 1. The van der Waals surface area contributed by atoms with Crippen molar-refractivity contribution < 1.29 is 32.6 Å². The number of amides is 1. The van der Waals surface area contributed by atoms with Crippen molar-refractivity contribution in [3.63, 3.8) is 0 Å². The Hall–Kier alpha value is -3.11. The lowest BCUT2D eigenvalue weighted by Gasteiger charge is -2.37. The Labute approximate surface area is 192 Å². The highest BCUT2D eigenvalue weighted by molar-refractivity contribution is 7.89. The number of hydrogen-bond donors (Lipinski definition) is 1. The van der Waals surface area contributed by atoms with Crippen molar-refractivity contribution >= 4 is 22.1 Å². The van der Waals surface area contributed by atoms with Crippen LogP contribution in [0.15, 0.2) is 59.5 Å². The molecule has 4 rings (SSSR count). The first-order valence-corrected chi connectivity index (χ1v) is 12.1. The Morgan fingerprint density at radius 1 is 1.09 bits per heavy atom. The summed E-state index contributed by atoms with van der Waals surface area (Å²) in [6.07, 6.45) is 0.170. The number of rotatable bonds is 6. The number of aliphatic carboxylic acids is 1. The fourth-order valence-electron chi connectivity index (χ4n) is 4.57. The second kappa shape index (κ2) is 9.40. The summed E-state index contributed by atoms with van der Waals surface area (Å²) in [6, 6.07) is 13.3. The van der Waals surface area contributed by atoms with Crippen LogP contribution >= 0.6 is 0 Å². The largest absolute Gasteiger partial charge is 0.497 e. The zero-order chi connectivity index (χ0) is 23.6. The number of hydrogen-bond acceptors (Lipinski definition) is 6. The molecule has 0 aliphatic carbocycles. The number of methoxy groups -OCH3 is 1. The van der Waals surface area contributed by atoms with Crippen molar-refractivity contribution in [3.05, 3.63) is 60.2 Å². The van der Waals surface area contributed by atoms with Crippen LogP contribution in [0.2, 0.25) is 0 Å². The molecule has 2 aromatic carbocycles. The number of piperidine rings is 1. The number of carboxylic acids is 1. The topological polar surface area (TPSA) is 113 Å². The number of fused-ring (bicyclic) bond motifs is 1. The first-order chi connectivity index (χ1) is 15.8. The van der Waals surface area contributed by atoms with Crippen LogP contribution in [-0.2, 0) is 26.2 Å². The molecule has 0 radical (unpaired) electrons. The minimum absolute atomic E-state index is 0.0148. The molecular weight excluding hydrogens is 448 g/mol. The van der Waals surface area contributed by atoms with Gasteiger partial charge in [-0.15, -0.1) is 0 Å². The zero-order valence-corrected chi connectivity index (χ0v) is 19.0. The van der Waals surface area contributed by atoms with Gasteiger partial charge in [0.2, 0.25) is 10.0 Å². The second-order valence-electron chi connectivity index (χ2n) is 8.20. The van der Waals surface area contributed by atoms with E-state index < -0.39 is 34.2 Å². The van der Waals surface area contributed by atoms with Crippen LogP contribution < -0.4 is 4.74 Å². The predicted molar refractivity (Wildman–Crippen MR) is 118 cm³/mol. The summed E-state index contributed by atoms with van der Waals surface area (Å²) in [5.41, 5.74) is 0.844. The fraction of sp³-hybridized carbons (Fsp3) is 0.391. The third-order valence-electron chi connectivity index (χ3n) is 6.26. The van der Waals surface area contributed by atoms with E-state index in [9.17, 15) is 23.1 Å². The molecule has 1 amide bonds. The molecule has 0 bridgehead atoms. The predicted octanol–water partition coefficient (Wildman–Crippen LogP) is 2.57. The SMILES string of the molecule is COc1ccc(S(=O)(=O)N2C(C(=O)O)CC3CCN(C(=O)OCc4ccccc4)C[C@@H]32)cc1. The van der Waals surface area contributed by atoms with Gasteiger partial charge in [0.05, 0.1) is 12.0 Å². The van der Waals surface area contributed by atoms with Crippen LogP contribution in [0.25, 0.3) is 0 Å². The quantitative estimate of drug-likeness (QED) is 0.685. The maximum Gasteiger partial charge on any atom is 0.410 e. The normalized spacial score (nSPS) is 23.1. The van der Waals surface area contributed by atoms with Crippen LogP contribution in [0.4, 0.5) is 4.79 Å². The highest BCUT2D eigenvalue weighted by atomic mass is 32.2. The average molecular weight is 475 g/mol. The van der Waals surface area contributed by atoms with E-state index >= 15 is 0 Å². The van der Waals surface area contributed by atoms with Gasteiger partial charge >= 0.3 is 12.1 Å². The van der Waals surface area contributed by atoms with Crippen LogP contribution in [0, 0.1) is 5.92 Å². The van der Waals surface area contributed by atoms with Crippen LogP contribution in [0.3, 0.4) is 0 Å². The van der Waals surface area contributed by atoms with Crippen molar-refractivity contribution in [3.8, 4) is 5.75 Å². The summed E-state index contributed by atoms with van der Waals surface area (Å²) in [6.45, 7) is 0.574. The minimum Gasteiger partial charge on any atom is -0.497 e. The molecule has 2 aliphatic rings. The Kier molecular flexibility index (Phi) is 6.57. The Bertz CT molecular complexity index is 1110. The number of benzene rings is 2. The van der Waals surface area contributed by atoms with E-state index in [1.165, 1.54) is 36.3 Å². The molecular formula is C23H26N2O7S. The van der Waals surface area contributed by atoms with E-state index in [1.807, 2.05) is 30.3 Å². The Balaban J connectivity index is 1.54. The van der Waals surface area contributed by atoms with Crippen LogP contribution in [0.5, 0.6) is 5.75 Å². The average Bonchev–Trinajstić information content (AvgIpc) is 3.23. The maximum absolute atomic E-state index is 13.5. The fourth-order valence-corrected chi connectivity index (χ4v) is 6.40. The summed E-state index contributed by atoms with van der Waals surface area (Å²) in [4.78, 5) is 26.1. The molecule has 0 saturated carbocycles. The lowest BCUT2D eigenvalue weighted by Crippen LogP contribution is -2.53. The lowest BCUT2D eigenvalue weighted by molar-refractivity contribution is -0.141. The van der Waals surface area contributed by atoms with Crippen LogP contribution in [0.1, 0.15) is 18.4 Å². The molecule has 0 spiro atoms. The molecule has 33 heavy (non-hydrogen) atoms. The van der Waals surface area contributed by atoms with Crippen LogP contribution in [-0.4, -0.2) is 67.1 Å². The zero-order valence-electron chi connectivity index (χ0n) is 18.2. The van der Waals surface area contributed by atoms with Crippen molar-refractivity contribution in [1.82, 2.24) is 9.21 Å². The Morgan fingerprint density at radius 2 is 1.79 bits per heavy atom. The standard InChI is InChI=1S/C23H26N2O7S/c1-31-18-7-9-19(10-8-18)33(29,30)25-20(22(26)27)13-17-11-12-24(14-21(17)25)23(28)32-15-16-5-3-2-4-6-16/h2-10,17,20-21H,11-15H2,1H3,(H,26,27)/t17?,20?,21-/m0/s1. The van der Waals surface area contributed by atoms with Gasteiger partial charge in [-0.1, -0.05) is 30.3 Å². The van der Waals surface area contributed by atoms with Crippen molar-refractivity contribution in [2.24, 2.45) is 5.92 Å². The van der Waals surface area contributed by atoms with E-state index in [2.05, 4.69) is 0 Å². The van der Waals surface area contributed by atoms with E-state index in [1.54, 1.807) is 0 Å². The van der Waals surface area contributed by atoms with Gasteiger partial charge in [0.25, 0.3) is 0 Å². The van der Waals surface area contributed by atoms with Gasteiger partial charge in [0.1, 0.15) is 18.4 Å². The molecule has 2 fully saturated rings. The van der Waals surface area contributed by atoms with Crippen molar-refractivity contribution in [1.29, 1.82) is 0 Å². The molecule has 9 nitrogen and oxygen atoms in total. The summed E-state index contributed by atoms with van der Waals surface area (Å²) in [5, 5.41) is 9.78. The molecule has 3 atom stereocenters. The number of nitrogens with zero attached hydrogens (tertiary/aromatic N) is 2. The van der Waals surface area contributed by atoms with Crippen molar-refractivity contribution in [2.45, 2.75) is 36.4 Å². The van der Waals surface area contributed by atoms with E-state index in [0.717, 1.165) is 9.87 Å².